The average Bonchev–Trinajstić information content (AvgIpc) is 2.72. The van der Waals surface area contributed by atoms with Gasteiger partial charge in [0.15, 0.2) is 0 Å². The molecule has 0 atom stereocenters. The maximum Gasteiger partial charge on any atom is 0.305 e. The minimum atomic E-state index is -0.241. The number of aryl methyl sites for hydroxylation is 1. The van der Waals surface area contributed by atoms with Crippen molar-refractivity contribution in [1.29, 1.82) is 0 Å². The van der Waals surface area contributed by atoms with Crippen LogP contribution in [0.1, 0.15) is 36.9 Å². The lowest BCUT2D eigenvalue weighted by molar-refractivity contribution is -0.140. The summed E-state index contributed by atoms with van der Waals surface area (Å²) in [6.45, 7) is 0.632. The summed E-state index contributed by atoms with van der Waals surface area (Å²) in [5.74, 6) is 1.37. The number of ether oxygens (including phenoxy) is 3. The summed E-state index contributed by atoms with van der Waals surface area (Å²) in [6, 6.07) is 11.7. The maximum absolute atomic E-state index is 11.3. The van der Waals surface area contributed by atoms with Crippen LogP contribution in [0.25, 0.3) is 6.08 Å². The number of nitrogens with zero attached hydrogens (tertiary/aromatic N) is 1. The van der Waals surface area contributed by atoms with Crippen molar-refractivity contribution in [3.05, 3.63) is 59.9 Å². The number of aromatic nitrogens is 1. The van der Waals surface area contributed by atoms with Crippen molar-refractivity contribution >= 4 is 12.0 Å². The lowest BCUT2D eigenvalue weighted by Crippen LogP contribution is -2.06. The molecule has 5 heteroatoms. The number of benzene rings is 1. The Balaban J connectivity index is 1.67. The molecule has 2 rings (SSSR count). The molecule has 0 N–H and O–H groups in total. The normalized spacial score (nSPS) is 10.7. The third-order valence-corrected chi connectivity index (χ3v) is 4.09. The van der Waals surface area contributed by atoms with Crippen LogP contribution in [-0.2, 0) is 16.0 Å². The number of rotatable bonds is 11. The molecule has 0 bridgehead atoms. The SMILES string of the molecule is COC(=O)CCc1ncccc1OCCCCC=Cc1ccc(OC)cc1. The first-order valence-electron chi connectivity index (χ1n) is 9.17. The Morgan fingerprint density at radius 3 is 2.67 bits per heavy atom. The Bertz CT molecular complexity index is 725. The van der Waals surface area contributed by atoms with Crippen LogP contribution in [0, 0.1) is 0 Å². The van der Waals surface area contributed by atoms with Gasteiger partial charge in [-0.25, -0.2) is 0 Å². The number of carbonyl (C=O) groups is 1. The van der Waals surface area contributed by atoms with Crippen LogP contribution in [0.3, 0.4) is 0 Å². The van der Waals surface area contributed by atoms with E-state index in [0.717, 1.165) is 42.0 Å². The first-order chi connectivity index (χ1) is 13.2. The van der Waals surface area contributed by atoms with E-state index in [0.29, 0.717) is 19.4 Å². The second kappa shape index (κ2) is 11.7. The molecule has 0 aliphatic carbocycles. The Hall–Kier alpha value is -2.82. The predicted octanol–water partition coefficient (Wildman–Crippen LogP) is 4.46. The molecule has 5 nitrogen and oxygen atoms in total. The zero-order chi connectivity index (χ0) is 19.3. The lowest BCUT2D eigenvalue weighted by atomic mass is 10.1. The van der Waals surface area contributed by atoms with Crippen LogP contribution in [0.15, 0.2) is 48.7 Å². The summed E-state index contributed by atoms with van der Waals surface area (Å²) in [7, 11) is 3.06. The Morgan fingerprint density at radius 2 is 1.93 bits per heavy atom. The van der Waals surface area contributed by atoms with Crippen LogP contribution in [0.2, 0.25) is 0 Å². The lowest BCUT2D eigenvalue weighted by Gasteiger charge is -2.10. The first kappa shape index (κ1) is 20.5. The van der Waals surface area contributed by atoms with Crippen LogP contribution in [0.4, 0.5) is 0 Å². The van der Waals surface area contributed by atoms with Gasteiger partial charge in [0.25, 0.3) is 0 Å². The van der Waals surface area contributed by atoms with Gasteiger partial charge in [0, 0.05) is 12.6 Å². The second-order valence-corrected chi connectivity index (χ2v) is 6.04. The van der Waals surface area contributed by atoms with Gasteiger partial charge in [0.1, 0.15) is 11.5 Å². The van der Waals surface area contributed by atoms with Gasteiger partial charge in [0.2, 0.25) is 0 Å². The van der Waals surface area contributed by atoms with Gasteiger partial charge >= 0.3 is 5.97 Å². The summed E-state index contributed by atoms with van der Waals surface area (Å²) < 4.78 is 15.7. The molecule has 27 heavy (non-hydrogen) atoms. The minimum absolute atomic E-state index is 0.241. The molecule has 0 saturated heterocycles. The highest BCUT2D eigenvalue weighted by atomic mass is 16.5. The number of allylic oxidation sites excluding steroid dienone is 1. The van der Waals surface area contributed by atoms with E-state index in [-0.39, 0.29) is 5.97 Å². The fraction of sp³-hybridized carbons (Fsp3) is 0.364. The standard InChI is InChI=1S/C22H27NO4/c1-25-19-12-10-18(11-13-19)8-5-3-4-6-17-27-21-9-7-16-23-20(21)14-15-22(24)26-2/h5,7-13,16H,3-4,6,14-15,17H2,1-2H3. The number of pyridine rings is 1. The largest absolute Gasteiger partial charge is 0.497 e. The Morgan fingerprint density at radius 1 is 1.11 bits per heavy atom. The van der Waals surface area contributed by atoms with Gasteiger partial charge < -0.3 is 14.2 Å². The minimum Gasteiger partial charge on any atom is -0.497 e. The highest BCUT2D eigenvalue weighted by molar-refractivity contribution is 5.69. The smallest absolute Gasteiger partial charge is 0.305 e. The van der Waals surface area contributed by atoms with Crippen molar-refractivity contribution in [2.75, 3.05) is 20.8 Å². The van der Waals surface area contributed by atoms with E-state index in [4.69, 9.17) is 9.47 Å². The predicted molar refractivity (Wildman–Crippen MR) is 106 cm³/mol. The number of carbonyl (C=O) groups excluding carboxylic acids is 1. The highest BCUT2D eigenvalue weighted by Crippen LogP contribution is 2.18. The maximum atomic E-state index is 11.3. The fourth-order valence-electron chi connectivity index (χ4n) is 2.55. The summed E-state index contributed by atoms with van der Waals surface area (Å²) in [5.41, 5.74) is 1.96. The van der Waals surface area contributed by atoms with E-state index in [1.165, 1.54) is 7.11 Å². The summed E-state index contributed by atoms with van der Waals surface area (Å²) >= 11 is 0. The number of methoxy groups -OCH3 is 2. The van der Waals surface area contributed by atoms with Gasteiger partial charge in [-0.3, -0.25) is 9.78 Å². The monoisotopic (exact) mass is 369 g/mol. The van der Waals surface area contributed by atoms with Gasteiger partial charge in [-0.05, 0) is 49.1 Å². The quantitative estimate of drug-likeness (QED) is 0.432. The Kier molecular flexibility index (Phi) is 8.90. The number of hydrogen-bond donors (Lipinski definition) is 0. The van der Waals surface area contributed by atoms with Gasteiger partial charge in [-0.15, -0.1) is 0 Å². The molecule has 0 radical (unpaired) electrons. The van der Waals surface area contributed by atoms with E-state index in [9.17, 15) is 4.79 Å². The van der Waals surface area contributed by atoms with Crippen molar-refractivity contribution in [2.24, 2.45) is 0 Å². The molecule has 0 aliphatic rings. The molecule has 0 fully saturated rings. The van der Waals surface area contributed by atoms with Crippen LogP contribution < -0.4 is 9.47 Å². The molecular weight excluding hydrogens is 342 g/mol. The summed E-state index contributed by atoms with van der Waals surface area (Å²) in [4.78, 5) is 15.6. The number of unbranched alkanes of at least 4 members (excludes halogenated alkanes) is 2. The molecule has 1 heterocycles. The van der Waals surface area contributed by atoms with Crippen LogP contribution in [-0.4, -0.2) is 31.8 Å². The van der Waals surface area contributed by atoms with E-state index in [2.05, 4.69) is 21.9 Å². The molecule has 2 aromatic rings. The Labute approximate surface area is 161 Å². The van der Waals surface area contributed by atoms with Crippen molar-refractivity contribution in [3.63, 3.8) is 0 Å². The van der Waals surface area contributed by atoms with E-state index in [1.54, 1.807) is 13.3 Å². The van der Waals surface area contributed by atoms with Crippen molar-refractivity contribution in [1.82, 2.24) is 4.98 Å². The van der Waals surface area contributed by atoms with Crippen molar-refractivity contribution in [2.45, 2.75) is 32.1 Å². The molecular formula is C22H27NO4. The third-order valence-electron chi connectivity index (χ3n) is 4.09. The molecule has 0 saturated carbocycles. The van der Waals surface area contributed by atoms with Crippen LogP contribution in [0.5, 0.6) is 11.5 Å². The molecule has 1 aromatic carbocycles. The molecule has 0 amide bonds. The molecule has 1 aromatic heterocycles. The molecule has 144 valence electrons. The average molecular weight is 369 g/mol. The summed E-state index contributed by atoms with van der Waals surface area (Å²) in [6.07, 6.45) is 9.83. The molecule has 0 unspecified atom stereocenters. The third kappa shape index (κ3) is 7.52. The van der Waals surface area contributed by atoms with Crippen molar-refractivity contribution < 1.29 is 19.0 Å². The number of hydrogen-bond acceptors (Lipinski definition) is 5. The van der Waals surface area contributed by atoms with Gasteiger partial charge in [0.05, 0.1) is 32.9 Å². The molecule has 0 aliphatic heterocycles. The van der Waals surface area contributed by atoms with E-state index >= 15 is 0 Å². The van der Waals surface area contributed by atoms with E-state index in [1.807, 2.05) is 36.4 Å². The molecule has 0 spiro atoms. The van der Waals surface area contributed by atoms with Crippen LogP contribution >= 0.6 is 0 Å². The zero-order valence-electron chi connectivity index (χ0n) is 16.0. The van der Waals surface area contributed by atoms with Crippen molar-refractivity contribution in [3.8, 4) is 11.5 Å². The summed E-state index contributed by atoms with van der Waals surface area (Å²) in [5, 5.41) is 0. The van der Waals surface area contributed by atoms with E-state index < -0.39 is 0 Å². The highest BCUT2D eigenvalue weighted by Gasteiger charge is 2.08. The first-order valence-corrected chi connectivity index (χ1v) is 9.17. The number of esters is 1. The van der Waals surface area contributed by atoms with Gasteiger partial charge in [-0.1, -0.05) is 24.3 Å². The second-order valence-electron chi connectivity index (χ2n) is 6.04. The van der Waals surface area contributed by atoms with Gasteiger partial charge in [-0.2, -0.15) is 0 Å². The topological polar surface area (TPSA) is 57.7 Å². The zero-order valence-corrected chi connectivity index (χ0v) is 16.0. The fourth-order valence-corrected chi connectivity index (χ4v) is 2.55.